The van der Waals surface area contributed by atoms with Gasteiger partial charge in [-0.15, -0.1) is 0 Å². The third-order valence-corrected chi connectivity index (χ3v) is 4.42. The Balaban J connectivity index is 2.74. The first-order chi connectivity index (χ1) is 10.7. The van der Waals surface area contributed by atoms with Crippen LogP contribution in [-0.4, -0.2) is 41.0 Å². The molecule has 1 atom stereocenters. The van der Waals surface area contributed by atoms with Crippen molar-refractivity contribution in [3.8, 4) is 0 Å². The van der Waals surface area contributed by atoms with E-state index in [0.29, 0.717) is 6.42 Å². The van der Waals surface area contributed by atoms with Gasteiger partial charge in [0, 0.05) is 6.54 Å². The molecule has 9 heteroatoms. The molecule has 0 radical (unpaired) electrons. The lowest BCUT2D eigenvalue weighted by Gasteiger charge is -2.16. The monoisotopic (exact) mass is 346 g/mol. The zero-order valence-electron chi connectivity index (χ0n) is 13.6. The van der Waals surface area contributed by atoms with E-state index in [1.165, 1.54) is 26.3 Å². The van der Waals surface area contributed by atoms with Crippen LogP contribution in [0.5, 0.6) is 0 Å². The molecule has 0 spiro atoms. The highest BCUT2D eigenvalue weighted by Crippen LogP contribution is 2.15. The molecule has 0 bridgehead atoms. The van der Waals surface area contributed by atoms with E-state index in [1.807, 2.05) is 13.8 Å². The Morgan fingerprint density at radius 3 is 2.48 bits per heavy atom. The van der Waals surface area contributed by atoms with Crippen molar-refractivity contribution in [1.82, 2.24) is 10.0 Å². The number of furan rings is 1. The van der Waals surface area contributed by atoms with Gasteiger partial charge in [-0.2, -0.15) is 0 Å². The van der Waals surface area contributed by atoms with Crippen LogP contribution in [0.2, 0.25) is 0 Å². The standard InChI is InChI=1S/C14H22N2O6S/c1-9(2)7-10(14(18)21-4)8-16-13(17)11-5-6-12(22-11)23(19,20)15-3/h5-6,9-10,15H,7-8H2,1-4H3,(H,16,17). The van der Waals surface area contributed by atoms with Crippen LogP contribution in [0.4, 0.5) is 0 Å². The first-order valence-electron chi connectivity index (χ1n) is 7.10. The Kier molecular flexibility index (Phi) is 6.77. The molecule has 1 amide bonds. The van der Waals surface area contributed by atoms with Crippen LogP contribution in [0.1, 0.15) is 30.8 Å². The van der Waals surface area contributed by atoms with Crippen molar-refractivity contribution in [2.24, 2.45) is 11.8 Å². The predicted molar refractivity (Wildman–Crippen MR) is 82.2 cm³/mol. The summed E-state index contributed by atoms with van der Waals surface area (Å²) < 4.78 is 34.9. The predicted octanol–water partition coefficient (Wildman–Crippen LogP) is 0.753. The number of esters is 1. The Morgan fingerprint density at radius 2 is 1.96 bits per heavy atom. The van der Waals surface area contributed by atoms with Gasteiger partial charge >= 0.3 is 5.97 Å². The Bertz CT molecular complexity index is 650. The van der Waals surface area contributed by atoms with Crippen molar-refractivity contribution < 1.29 is 27.2 Å². The van der Waals surface area contributed by atoms with Crippen LogP contribution >= 0.6 is 0 Å². The fraction of sp³-hybridized carbons (Fsp3) is 0.571. The molecule has 2 N–H and O–H groups in total. The van der Waals surface area contributed by atoms with E-state index < -0.39 is 27.8 Å². The summed E-state index contributed by atoms with van der Waals surface area (Å²) in [4.78, 5) is 23.7. The highest BCUT2D eigenvalue weighted by Gasteiger charge is 2.23. The minimum absolute atomic E-state index is 0.0818. The van der Waals surface area contributed by atoms with Crippen LogP contribution in [0.3, 0.4) is 0 Å². The molecule has 0 saturated carbocycles. The molecule has 0 aliphatic heterocycles. The number of ether oxygens (including phenoxy) is 1. The number of hydrogen-bond acceptors (Lipinski definition) is 6. The highest BCUT2D eigenvalue weighted by molar-refractivity contribution is 7.89. The molecular weight excluding hydrogens is 324 g/mol. The Hall–Kier alpha value is -1.87. The maximum atomic E-state index is 12.0. The normalized spacial score (nSPS) is 12.9. The minimum Gasteiger partial charge on any atom is -0.469 e. The van der Waals surface area contributed by atoms with Gasteiger partial charge in [-0.25, -0.2) is 13.1 Å². The van der Waals surface area contributed by atoms with Crippen molar-refractivity contribution in [2.75, 3.05) is 20.7 Å². The topological polar surface area (TPSA) is 115 Å². The molecule has 1 rings (SSSR count). The SMILES string of the molecule is CNS(=O)(=O)c1ccc(C(=O)NCC(CC(C)C)C(=O)OC)o1. The molecule has 1 unspecified atom stereocenters. The summed E-state index contributed by atoms with van der Waals surface area (Å²) in [6, 6.07) is 2.45. The summed E-state index contributed by atoms with van der Waals surface area (Å²) in [7, 11) is -1.22. The number of carbonyl (C=O) groups is 2. The van der Waals surface area contributed by atoms with Crippen molar-refractivity contribution in [3.63, 3.8) is 0 Å². The van der Waals surface area contributed by atoms with E-state index in [4.69, 9.17) is 9.15 Å². The maximum absolute atomic E-state index is 12.0. The van der Waals surface area contributed by atoms with Gasteiger partial charge in [-0.05, 0) is 31.5 Å². The first-order valence-corrected chi connectivity index (χ1v) is 8.59. The number of sulfonamides is 1. The van der Waals surface area contributed by atoms with Crippen LogP contribution in [0.25, 0.3) is 0 Å². The summed E-state index contributed by atoms with van der Waals surface area (Å²) in [5, 5.41) is 2.20. The molecule has 0 aliphatic carbocycles. The molecule has 1 heterocycles. The minimum atomic E-state index is -3.75. The second-order valence-electron chi connectivity index (χ2n) is 5.39. The molecule has 0 saturated heterocycles. The van der Waals surface area contributed by atoms with E-state index in [0.717, 1.165) is 0 Å². The zero-order chi connectivity index (χ0) is 17.6. The summed E-state index contributed by atoms with van der Waals surface area (Å²) in [5.74, 6) is -1.37. The average molecular weight is 346 g/mol. The second kappa shape index (κ2) is 8.11. The van der Waals surface area contributed by atoms with Gasteiger partial charge in [0.05, 0.1) is 13.0 Å². The van der Waals surface area contributed by atoms with Gasteiger partial charge in [0.2, 0.25) is 5.09 Å². The Labute approximate surface area is 135 Å². The van der Waals surface area contributed by atoms with Crippen LogP contribution in [0.15, 0.2) is 21.6 Å². The molecule has 130 valence electrons. The van der Waals surface area contributed by atoms with Gasteiger partial charge in [0.15, 0.2) is 5.76 Å². The summed E-state index contributed by atoms with van der Waals surface area (Å²) in [6.45, 7) is 4.00. The van der Waals surface area contributed by atoms with Gasteiger partial charge in [-0.3, -0.25) is 9.59 Å². The summed E-state index contributed by atoms with van der Waals surface area (Å²) >= 11 is 0. The zero-order valence-corrected chi connectivity index (χ0v) is 14.4. The van der Waals surface area contributed by atoms with E-state index in [1.54, 1.807) is 0 Å². The quantitative estimate of drug-likeness (QED) is 0.671. The molecule has 0 fully saturated rings. The van der Waals surface area contributed by atoms with E-state index in [9.17, 15) is 18.0 Å². The largest absolute Gasteiger partial charge is 0.469 e. The van der Waals surface area contributed by atoms with E-state index in [-0.39, 0.29) is 23.3 Å². The number of rotatable bonds is 8. The number of carbonyl (C=O) groups excluding carboxylic acids is 2. The number of nitrogens with one attached hydrogen (secondary N) is 2. The average Bonchev–Trinajstić information content (AvgIpc) is 3.00. The van der Waals surface area contributed by atoms with Gasteiger partial charge in [0.1, 0.15) is 0 Å². The van der Waals surface area contributed by atoms with Gasteiger partial charge in [0.25, 0.3) is 15.9 Å². The lowest BCUT2D eigenvalue weighted by molar-refractivity contribution is -0.145. The van der Waals surface area contributed by atoms with Crippen LogP contribution in [-0.2, 0) is 19.6 Å². The summed E-state index contributed by atoms with van der Waals surface area (Å²) in [6.07, 6.45) is 0.560. The van der Waals surface area contributed by atoms with Crippen molar-refractivity contribution in [1.29, 1.82) is 0 Å². The van der Waals surface area contributed by atoms with Crippen LogP contribution in [0, 0.1) is 11.8 Å². The molecular formula is C14H22N2O6S. The Morgan fingerprint density at radius 1 is 1.30 bits per heavy atom. The maximum Gasteiger partial charge on any atom is 0.310 e. The molecule has 1 aromatic rings. The fourth-order valence-electron chi connectivity index (χ4n) is 1.99. The number of hydrogen-bond donors (Lipinski definition) is 2. The molecule has 0 aromatic carbocycles. The summed E-state index contributed by atoms with van der Waals surface area (Å²) in [5.41, 5.74) is 0. The third-order valence-electron chi connectivity index (χ3n) is 3.14. The van der Waals surface area contributed by atoms with Gasteiger partial charge < -0.3 is 14.5 Å². The van der Waals surface area contributed by atoms with Crippen molar-refractivity contribution in [2.45, 2.75) is 25.4 Å². The first kappa shape index (κ1) is 19.2. The number of methoxy groups -OCH3 is 1. The lowest BCUT2D eigenvalue weighted by atomic mass is 9.97. The number of amides is 1. The van der Waals surface area contributed by atoms with Gasteiger partial charge in [-0.1, -0.05) is 13.8 Å². The smallest absolute Gasteiger partial charge is 0.310 e. The van der Waals surface area contributed by atoms with E-state index >= 15 is 0 Å². The fourth-order valence-corrected chi connectivity index (χ4v) is 2.64. The van der Waals surface area contributed by atoms with Crippen LogP contribution < -0.4 is 10.0 Å². The molecule has 1 aromatic heterocycles. The highest BCUT2D eigenvalue weighted by atomic mass is 32.2. The lowest BCUT2D eigenvalue weighted by Crippen LogP contribution is -2.34. The second-order valence-corrected chi connectivity index (χ2v) is 7.20. The van der Waals surface area contributed by atoms with Crippen molar-refractivity contribution >= 4 is 21.9 Å². The molecule has 23 heavy (non-hydrogen) atoms. The van der Waals surface area contributed by atoms with E-state index in [2.05, 4.69) is 10.0 Å². The van der Waals surface area contributed by atoms with Crippen molar-refractivity contribution in [3.05, 3.63) is 17.9 Å². The third kappa shape index (κ3) is 5.36. The molecule has 0 aliphatic rings. The molecule has 8 nitrogen and oxygen atoms in total.